The van der Waals surface area contributed by atoms with E-state index in [1.54, 1.807) is 24.4 Å². The second-order valence-corrected chi connectivity index (χ2v) is 4.63. The van der Waals surface area contributed by atoms with E-state index in [2.05, 4.69) is 14.7 Å². The van der Waals surface area contributed by atoms with Gasteiger partial charge in [-0.05, 0) is 26.0 Å². The summed E-state index contributed by atoms with van der Waals surface area (Å²) in [5.41, 5.74) is 0.510. The average Bonchev–Trinajstić information content (AvgIpc) is 2.79. The number of pyridine rings is 1. The van der Waals surface area contributed by atoms with Crippen molar-refractivity contribution in [1.29, 1.82) is 0 Å². The molecule has 7 nitrogen and oxygen atoms in total. The Kier molecular flexibility index (Phi) is 4.65. The number of rotatable bonds is 6. The molecule has 0 radical (unpaired) electrons. The van der Waals surface area contributed by atoms with Gasteiger partial charge in [-0.1, -0.05) is 11.2 Å². The molecule has 0 fully saturated rings. The topological polar surface area (TPSA) is 90.4 Å². The second-order valence-electron chi connectivity index (χ2n) is 4.63. The van der Waals surface area contributed by atoms with E-state index >= 15 is 0 Å². The van der Waals surface area contributed by atoms with E-state index in [9.17, 15) is 9.90 Å². The maximum absolute atomic E-state index is 11.6. The largest absolute Gasteiger partial charge is 0.442 e. The van der Waals surface area contributed by atoms with Crippen molar-refractivity contribution < 1.29 is 14.4 Å². The van der Waals surface area contributed by atoms with Gasteiger partial charge in [0.25, 0.3) is 0 Å². The van der Waals surface area contributed by atoms with Crippen molar-refractivity contribution in [3.63, 3.8) is 0 Å². The zero-order valence-electron chi connectivity index (χ0n) is 11.4. The fraction of sp³-hybridized carbons (Fsp3) is 0.462. The summed E-state index contributed by atoms with van der Waals surface area (Å²) in [6.07, 6.45) is 0.785. The monoisotopic (exact) mass is 279 g/mol. The van der Waals surface area contributed by atoms with E-state index < -0.39 is 11.9 Å². The van der Waals surface area contributed by atoms with Crippen LogP contribution in [0.5, 0.6) is 0 Å². The number of aromatic nitrogens is 3. The molecule has 0 saturated heterocycles. The minimum absolute atomic E-state index is 0.0131. The first-order chi connectivity index (χ1) is 9.58. The van der Waals surface area contributed by atoms with Gasteiger partial charge >= 0.3 is 5.76 Å². The van der Waals surface area contributed by atoms with Gasteiger partial charge in [0.2, 0.25) is 5.82 Å². The molecule has 20 heavy (non-hydrogen) atoms. The maximum Gasteiger partial charge on any atom is 0.442 e. The van der Waals surface area contributed by atoms with Gasteiger partial charge < -0.3 is 9.84 Å². The molecule has 0 bridgehead atoms. The van der Waals surface area contributed by atoms with E-state index in [0.29, 0.717) is 11.5 Å². The summed E-state index contributed by atoms with van der Waals surface area (Å²) in [5.74, 6) is -0.339. The van der Waals surface area contributed by atoms with Crippen LogP contribution in [0.3, 0.4) is 0 Å². The van der Waals surface area contributed by atoms with Crippen LogP contribution in [0.25, 0.3) is 11.5 Å². The summed E-state index contributed by atoms with van der Waals surface area (Å²) in [6.45, 7) is 3.92. The number of ether oxygens (including phenoxy) is 1. The molecule has 2 aromatic rings. The van der Waals surface area contributed by atoms with Crippen molar-refractivity contribution in [2.45, 2.75) is 32.6 Å². The number of nitrogens with zero attached hydrogens (tertiary/aromatic N) is 3. The molecule has 2 aromatic heterocycles. The molecule has 0 amide bonds. The molecule has 7 heteroatoms. The molecule has 0 spiro atoms. The predicted molar refractivity (Wildman–Crippen MR) is 71.1 cm³/mol. The van der Waals surface area contributed by atoms with Gasteiger partial charge in [-0.2, -0.15) is 0 Å². The predicted octanol–water partition coefficient (Wildman–Crippen LogP) is 0.684. The minimum Gasteiger partial charge on any atom is -0.389 e. The highest BCUT2D eigenvalue weighted by Gasteiger charge is 2.17. The molecule has 1 N–H and O–H groups in total. The third-order valence-corrected chi connectivity index (χ3v) is 2.60. The first-order valence-electron chi connectivity index (χ1n) is 6.35. The van der Waals surface area contributed by atoms with Crippen LogP contribution in [0.2, 0.25) is 0 Å². The Morgan fingerprint density at radius 1 is 1.45 bits per heavy atom. The number of aliphatic hydroxyl groups excluding tert-OH is 1. The summed E-state index contributed by atoms with van der Waals surface area (Å²) < 4.78 is 11.2. The summed E-state index contributed by atoms with van der Waals surface area (Å²) in [7, 11) is 0. The van der Waals surface area contributed by atoms with Crippen LogP contribution in [-0.4, -0.2) is 38.6 Å². The van der Waals surface area contributed by atoms with Gasteiger partial charge in [0.05, 0.1) is 25.4 Å². The summed E-state index contributed by atoms with van der Waals surface area (Å²) in [5, 5.41) is 13.6. The third-order valence-electron chi connectivity index (χ3n) is 2.60. The van der Waals surface area contributed by atoms with E-state index in [0.717, 1.165) is 0 Å². The highest BCUT2D eigenvalue weighted by molar-refractivity contribution is 5.47. The molecule has 2 rings (SSSR count). The van der Waals surface area contributed by atoms with E-state index in [1.165, 1.54) is 4.57 Å². The third kappa shape index (κ3) is 3.52. The second kappa shape index (κ2) is 6.44. The fourth-order valence-electron chi connectivity index (χ4n) is 1.68. The first-order valence-corrected chi connectivity index (χ1v) is 6.35. The highest BCUT2D eigenvalue weighted by atomic mass is 16.5. The van der Waals surface area contributed by atoms with Gasteiger partial charge in [-0.3, -0.25) is 14.1 Å². The van der Waals surface area contributed by atoms with Crippen molar-refractivity contribution in [2.75, 3.05) is 6.61 Å². The van der Waals surface area contributed by atoms with Crippen molar-refractivity contribution in [2.24, 2.45) is 0 Å². The normalized spacial score (nSPS) is 12.8. The molecule has 108 valence electrons. The highest BCUT2D eigenvalue weighted by Crippen LogP contribution is 2.12. The SMILES string of the molecule is CC(C)OC[C@@H](O)Cn1c(-c2ccccn2)noc1=O. The van der Waals surface area contributed by atoms with Crippen LogP contribution in [-0.2, 0) is 11.3 Å². The van der Waals surface area contributed by atoms with Crippen molar-refractivity contribution in [3.05, 3.63) is 34.9 Å². The molecule has 0 aromatic carbocycles. The lowest BCUT2D eigenvalue weighted by Crippen LogP contribution is -2.28. The standard InChI is InChI=1S/C13H17N3O4/c1-9(2)19-8-10(17)7-16-12(15-20-13(16)18)11-5-3-4-6-14-11/h3-6,9-10,17H,7-8H2,1-2H3/t10-/m0/s1. The Morgan fingerprint density at radius 2 is 2.25 bits per heavy atom. The Balaban J connectivity index is 2.16. The molecular formula is C13H17N3O4. The fourth-order valence-corrected chi connectivity index (χ4v) is 1.68. The average molecular weight is 279 g/mol. The van der Waals surface area contributed by atoms with Crippen molar-refractivity contribution in [1.82, 2.24) is 14.7 Å². The molecule has 0 aliphatic carbocycles. The van der Waals surface area contributed by atoms with Gasteiger partial charge in [-0.15, -0.1) is 0 Å². The molecule has 0 aliphatic heterocycles. The Bertz CT molecular complexity index is 591. The van der Waals surface area contributed by atoms with Crippen LogP contribution in [0, 0.1) is 0 Å². The molecular weight excluding hydrogens is 262 g/mol. The van der Waals surface area contributed by atoms with Crippen LogP contribution in [0.15, 0.2) is 33.7 Å². The van der Waals surface area contributed by atoms with E-state index in [4.69, 9.17) is 4.74 Å². The molecule has 2 heterocycles. The van der Waals surface area contributed by atoms with E-state index in [-0.39, 0.29) is 19.3 Å². The number of hydrogen-bond donors (Lipinski definition) is 1. The first kappa shape index (κ1) is 14.4. The van der Waals surface area contributed by atoms with E-state index in [1.807, 2.05) is 13.8 Å². The lowest BCUT2D eigenvalue weighted by molar-refractivity contribution is -0.00120. The molecule has 0 unspecified atom stereocenters. The Hall–Kier alpha value is -1.99. The number of hydrogen-bond acceptors (Lipinski definition) is 6. The summed E-state index contributed by atoms with van der Waals surface area (Å²) >= 11 is 0. The van der Waals surface area contributed by atoms with Crippen molar-refractivity contribution >= 4 is 0 Å². The van der Waals surface area contributed by atoms with Crippen LogP contribution < -0.4 is 5.76 Å². The summed E-state index contributed by atoms with van der Waals surface area (Å²) in [4.78, 5) is 15.8. The quantitative estimate of drug-likeness (QED) is 0.836. The Morgan fingerprint density at radius 3 is 2.90 bits per heavy atom. The Labute approximate surface area is 115 Å². The van der Waals surface area contributed by atoms with Crippen LogP contribution in [0.4, 0.5) is 0 Å². The van der Waals surface area contributed by atoms with Gasteiger partial charge in [-0.25, -0.2) is 4.79 Å². The zero-order valence-corrected chi connectivity index (χ0v) is 11.4. The lowest BCUT2D eigenvalue weighted by Gasteiger charge is -2.13. The summed E-state index contributed by atoms with van der Waals surface area (Å²) in [6, 6.07) is 5.26. The number of aliphatic hydroxyl groups is 1. The van der Waals surface area contributed by atoms with Crippen LogP contribution >= 0.6 is 0 Å². The van der Waals surface area contributed by atoms with Crippen molar-refractivity contribution in [3.8, 4) is 11.5 Å². The molecule has 0 aliphatic rings. The maximum atomic E-state index is 11.6. The molecule has 0 saturated carbocycles. The smallest absolute Gasteiger partial charge is 0.389 e. The minimum atomic E-state index is -0.822. The van der Waals surface area contributed by atoms with Gasteiger partial charge in [0.1, 0.15) is 5.69 Å². The van der Waals surface area contributed by atoms with Crippen LogP contribution in [0.1, 0.15) is 13.8 Å². The lowest BCUT2D eigenvalue weighted by atomic mass is 10.3. The van der Waals surface area contributed by atoms with Gasteiger partial charge in [0.15, 0.2) is 0 Å². The van der Waals surface area contributed by atoms with Gasteiger partial charge in [0, 0.05) is 6.20 Å². The zero-order chi connectivity index (χ0) is 14.5. The molecule has 1 atom stereocenters.